The van der Waals surface area contributed by atoms with Crippen molar-refractivity contribution in [2.75, 3.05) is 24.5 Å². The normalized spacial score (nSPS) is 11.9. The summed E-state index contributed by atoms with van der Waals surface area (Å²) in [4.78, 5) is 28.4. The Morgan fingerprint density at radius 1 is 1.02 bits per heavy atom. The second-order valence-corrected chi connectivity index (χ2v) is 11.8. The summed E-state index contributed by atoms with van der Waals surface area (Å²) in [6.45, 7) is 5.54. The van der Waals surface area contributed by atoms with Crippen LogP contribution in [0, 0.1) is 6.92 Å². The smallest absolute Gasteiger partial charge is 0.264 e. The number of unbranched alkanes of at least 4 members (excludes halogenated alkanes) is 1. The number of carbonyl (C=O) groups is 2. The molecule has 1 unspecified atom stereocenters. The molecule has 2 amide bonds. The fourth-order valence-electron chi connectivity index (χ4n) is 4.08. The van der Waals surface area contributed by atoms with Crippen LogP contribution in [0.2, 0.25) is 5.02 Å². The average molecular weight is 586 g/mol. The topological polar surface area (TPSA) is 96.0 Å². The van der Waals surface area contributed by atoms with E-state index in [0.717, 1.165) is 28.3 Å². The van der Waals surface area contributed by atoms with E-state index in [0.29, 0.717) is 17.3 Å². The molecule has 0 fully saturated rings. The van der Waals surface area contributed by atoms with Crippen LogP contribution in [0.25, 0.3) is 0 Å². The van der Waals surface area contributed by atoms with E-state index < -0.39 is 28.5 Å². The van der Waals surface area contributed by atoms with Crippen molar-refractivity contribution in [3.05, 3.63) is 88.9 Å². The highest BCUT2D eigenvalue weighted by atomic mass is 35.5. The van der Waals surface area contributed by atoms with E-state index >= 15 is 0 Å². The first kappa shape index (κ1) is 31.0. The number of nitrogens with one attached hydrogen (secondary N) is 1. The highest BCUT2D eigenvalue weighted by Gasteiger charge is 2.32. The Labute approximate surface area is 241 Å². The number of methoxy groups -OCH3 is 1. The van der Waals surface area contributed by atoms with Crippen molar-refractivity contribution >= 4 is 39.1 Å². The van der Waals surface area contributed by atoms with Gasteiger partial charge in [0, 0.05) is 18.1 Å². The summed E-state index contributed by atoms with van der Waals surface area (Å²) in [5.74, 6) is -0.260. The molecule has 0 spiro atoms. The van der Waals surface area contributed by atoms with Crippen molar-refractivity contribution in [2.45, 2.75) is 51.1 Å². The van der Waals surface area contributed by atoms with E-state index in [1.165, 1.54) is 23.1 Å². The standard InChI is InChI=1S/C30H36ClN3O5S/c1-5-6-17-32-30(36)23(3)33(20-24-9-7-12-27(18-24)39-4)29(35)21-34(26-11-8-10-25(31)19-26)40(37,38)28-15-13-22(2)14-16-28/h7-16,18-19,23H,5-6,17,20-21H2,1-4H3,(H,32,36). The lowest BCUT2D eigenvalue weighted by molar-refractivity contribution is -0.139. The summed E-state index contributed by atoms with van der Waals surface area (Å²) >= 11 is 6.21. The highest BCUT2D eigenvalue weighted by molar-refractivity contribution is 7.92. The van der Waals surface area contributed by atoms with Gasteiger partial charge in [0.1, 0.15) is 18.3 Å². The second kappa shape index (κ2) is 14.2. The molecule has 3 aromatic rings. The van der Waals surface area contributed by atoms with Gasteiger partial charge in [0.2, 0.25) is 11.8 Å². The lowest BCUT2D eigenvalue weighted by Gasteiger charge is -2.32. The fourth-order valence-corrected chi connectivity index (χ4v) is 5.67. The third kappa shape index (κ3) is 7.99. The number of sulfonamides is 1. The number of halogens is 1. The van der Waals surface area contributed by atoms with E-state index in [9.17, 15) is 18.0 Å². The molecule has 0 radical (unpaired) electrons. The minimum atomic E-state index is -4.16. The van der Waals surface area contributed by atoms with Crippen LogP contribution in [0.15, 0.2) is 77.7 Å². The number of hydrogen-bond donors (Lipinski definition) is 1. The Bertz CT molecular complexity index is 1410. The van der Waals surface area contributed by atoms with Crippen LogP contribution in [0.3, 0.4) is 0 Å². The number of benzene rings is 3. The molecular weight excluding hydrogens is 550 g/mol. The molecule has 0 saturated carbocycles. The summed E-state index contributed by atoms with van der Waals surface area (Å²) in [5, 5.41) is 3.20. The number of anilines is 1. The predicted octanol–water partition coefficient (Wildman–Crippen LogP) is 5.19. The van der Waals surface area contributed by atoms with E-state index in [-0.39, 0.29) is 23.0 Å². The van der Waals surface area contributed by atoms with Gasteiger partial charge in [0.15, 0.2) is 0 Å². The number of aryl methyl sites for hydroxylation is 1. The quantitative estimate of drug-likeness (QED) is 0.279. The van der Waals surface area contributed by atoms with Crippen LogP contribution >= 0.6 is 11.6 Å². The van der Waals surface area contributed by atoms with Gasteiger partial charge in [0.25, 0.3) is 10.0 Å². The first-order chi connectivity index (χ1) is 19.1. The molecular formula is C30H36ClN3O5S. The van der Waals surface area contributed by atoms with Gasteiger partial charge in [-0.1, -0.05) is 60.8 Å². The first-order valence-corrected chi connectivity index (χ1v) is 14.9. The van der Waals surface area contributed by atoms with Gasteiger partial charge in [-0.3, -0.25) is 13.9 Å². The first-order valence-electron chi connectivity index (χ1n) is 13.1. The summed E-state index contributed by atoms with van der Waals surface area (Å²) < 4.78 is 34.1. The van der Waals surface area contributed by atoms with Gasteiger partial charge in [0.05, 0.1) is 17.7 Å². The van der Waals surface area contributed by atoms with Crippen LogP contribution in [0.1, 0.15) is 37.8 Å². The molecule has 0 bridgehead atoms. The molecule has 0 aliphatic carbocycles. The maximum absolute atomic E-state index is 14.0. The minimum absolute atomic E-state index is 0.0376. The molecule has 1 N–H and O–H groups in total. The summed E-state index contributed by atoms with van der Waals surface area (Å²) in [6.07, 6.45) is 1.71. The lowest BCUT2D eigenvalue weighted by Crippen LogP contribution is -2.51. The maximum Gasteiger partial charge on any atom is 0.264 e. The van der Waals surface area contributed by atoms with Crippen molar-refractivity contribution < 1.29 is 22.7 Å². The summed E-state index contributed by atoms with van der Waals surface area (Å²) in [7, 11) is -2.61. The second-order valence-electron chi connectivity index (χ2n) is 9.50. The van der Waals surface area contributed by atoms with E-state index in [1.807, 2.05) is 19.9 Å². The Kier molecular flexibility index (Phi) is 11.0. The molecule has 0 aliphatic heterocycles. The number of amides is 2. The van der Waals surface area contributed by atoms with Crippen molar-refractivity contribution in [1.82, 2.24) is 10.2 Å². The Morgan fingerprint density at radius 3 is 2.38 bits per heavy atom. The van der Waals surface area contributed by atoms with Gasteiger partial charge in [-0.05, 0) is 68.3 Å². The van der Waals surface area contributed by atoms with E-state index in [1.54, 1.807) is 62.6 Å². The highest BCUT2D eigenvalue weighted by Crippen LogP contribution is 2.27. The van der Waals surface area contributed by atoms with Gasteiger partial charge >= 0.3 is 0 Å². The van der Waals surface area contributed by atoms with Crippen molar-refractivity contribution in [2.24, 2.45) is 0 Å². The largest absolute Gasteiger partial charge is 0.497 e. The van der Waals surface area contributed by atoms with Crippen molar-refractivity contribution in [3.63, 3.8) is 0 Å². The molecule has 8 nitrogen and oxygen atoms in total. The number of hydrogen-bond acceptors (Lipinski definition) is 5. The number of carbonyl (C=O) groups excluding carboxylic acids is 2. The van der Waals surface area contributed by atoms with Gasteiger partial charge < -0.3 is 15.0 Å². The molecule has 40 heavy (non-hydrogen) atoms. The van der Waals surface area contributed by atoms with Crippen LogP contribution in [0.4, 0.5) is 5.69 Å². The van der Waals surface area contributed by atoms with E-state index in [4.69, 9.17) is 16.3 Å². The summed E-state index contributed by atoms with van der Waals surface area (Å²) in [5.41, 5.74) is 1.87. The van der Waals surface area contributed by atoms with Crippen LogP contribution in [0.5, 0.6) is 5.75 Å². The molecule has 214 valence electrons. The molecule has 0 aliphatic rings. The zero-order valence-electron chi connectivity index (χ0n) is 23.3. The van der Waals surface area contributed by atoms with E-state index in [2.05, 4.69) is 5.32 Å². The average Bonchev–Trinajstić information content (AvgIpc) is 2.94. The monoisotopic (exact) mass is 585 g/mol. The van der Waals surface area contributed by atoms with Crippen LogP contribution in [-0.4, -0.2) is 51.4 Å². The molecule has 3 rings (SSSR count). The molecule has 10 heteroatoms. The summed E-state index contributed by atoms with van der Waals surface area (Å²) in [6, 6.07) is 19.0. The Balaban J connectivity index is 2.01. The maximum atomic E-state index is 14.0. The zero-order chi connectivity index (χ0) is 29.3. The number of ether oxygens (including phenoxy) is 1. The molecule has 0 heterocycles. The van der Waals surface area contributed by atoms with Crippen LogP contribution < -0.4 is 14.4 Å². The van der Waals surface area contributed by atoms with Crippen molar-refractivity contribution in [1.29, 1.82) is 0 Å². The zero-order valence-corrected chi connectivity index (χ0v) is 24.8. The Morgan fingerprint density at radius 2 is 1.73 bits per heavy atom. The predicted molar refractivity (Wildman–Crippen MR) is 158 cm³/mol. The molecule has 1 atom stereocenters. The molecule has 3 aromatic carbocycles. The third-order valence-corrected chi connectivity index (χ3v) is 8.49. The fraction of sp³-hybridized carbons (Fsp3) is 0.333. The molecule has 0 saturated heterocycles. The van der Waals surface area contributed by atoms with Gasteiger partial charge in [-0.2, -0.15) is 0 Å². The lowest BCUT2D eigenvalue weighted by atomic mass is 10.1. The minimum Gasteiger partial charge on any atom is -0.497 e. The van der Waals surface area contributed by atoms with Gasteiger partial charge in [-0.15, -0.1) is 0 Å². The third-order valence-electron chi connectivity index (χ3n) is 6.47. The molecule has 0 aromatic heterocycles. The number of rotatable bonds is 13. The number of nitrogens with zero attached hydrogens (tertiary/aromatic N) is 2. The Hall–Kier alpha value is -3.56. The van der Waals surface area contributed by atoms with Gasteiger partial charge in [-0.25, -0.2) is 8.42 Å². The van der Waals surface area contributed by atoms with Crippen LogP contribution in [-0.2, 0) is 26.2 Å². The SMILES string of the molecule is CCCCNC(=O)C(C)N(Cc1cccc(OC)c1)C(=O)CN(c1cccc(Cl)c1)S(=O)(=O)c1ccc(C)cc1. The van der Waals surface area contributed by atoms with Crippen molar-refractivity contribution in [3.8, 4) is 5.75 Å².